The zero-order valence-electron chi connectivity index (χ0n) is 20.0. The van der Waals surface area contributed by atoms with Crippen molar-refractivity contribution in [2.75, 3.05) is 5.75 Å². The van der Waals surface area contributed by atoms with Crippen LogP contribution < -0.4 is 14.9 Å². The van der Waals surface area contributed by atoms with Crippen molar-refractivity contribution < 1.29 is 37.1 Å². The van der Waals surface area contributed by atoms with E-state index < -0.39 is 44.1 Å². The molecule has 2 aromatic rings. The maximum atomic E-state index is 13.0. The molecule has 2 aromatic carbocycles. The third kappa shape index (κ3) is 8.80. The first-order valence-corrected chi connectivity index (χ1v) is 13.0. The van der Waals surface area contributed by atoms with Gasteiger partial charge in [0.15, 0.2) is 0 Å². The summed E-state index contributed by atoms with van der Waals surface area (Å²) < 4.78 is 51.0. The van der Waals surface area contributed by atoms with Crippen molar-refractivity contribution in [3.63, 3.8) is 0 Å². The number of ether oxygens (including phenoxy) is 2. The lowest BCUT2D eigenvalue weighted by Crippen LogP contribution is -2.56. The predicted octanol–water partition coefficient (Wildman–Crippen LogP) is 3.62. The van der Waals surface area contributed by atoms with E-state index in [1.54, 1.807) is 34.6 Å². The molecule has 0 bridgehead atoms. The SMILES string of the molecule is CC(C)(C)OC(=O)CSC(C)(C)C(NS(=O)(=O)c1ccc(Oc2ccc(F)cc2)cc1)C(=O)NO. The van der Waals surface area contributed by atoms with Crippen LogP contribution in [-0.4, -0.2) is 47.6 Å². The van der Waals surface area contributed by atoms with Gasteiger partial charge in [-0.3, -0.25) is 14.8 Å². The van der Waals surface area contributed by atoms with E-state index in [9.17, 15) is 27.6 Å². The highest BCUT2D eigenvalue weighted by atomic mass is 32.2. The van der Waals surface area contributed by atoms with Gasteiger partial charge in [-0.2, -0.15) is 4.72 Å². The van der Waals surface area contributed by atoms with E-state index in [2.05, 4.69) is 4.72 Å². The molecule has 0 heterocycles. The number of sulfonamides is 1. The standard InChI is InChI=1S/C23H29FN2O7S2/c1-22(2,3)33-19(27)14-34-23(4,5)20(21(28)25-29)26-35(30,31)18-12-10-17(11-13-18)32-16-8-6-15(24)7-9-16/h6-13,20,26,29H,14H2,1-5H3,(H,25,28). The Morgan fingerprint density at radius 1 is 1.00 bits per heavy atom. The summed E-state index contributed by atoms with van der Waals surface area (Å²) in [5, 5.41) is 9.18. The highest BCUT2D eigenvalue weighted by molar-refractivity contribution is 8.01. The topological polar surface area (TPSA) is 131 Å². The second kappa shape index (κ2) is 11.4. The van der Waals surface area contributed by atoms with Gasteiger partial charge in [0.25, 0.3) is 5.91 Å². The average Bonchev–Trinajstić information content (AvgIpc) is 2.76. The summed E-state index contributed by atoms with van der Waals surface area (Å²) in [5.74, 6) is -1.41. The number of amides is 1. The molecule has 1 atom stereocenters. The summed E-state index contributed by atoms with van der Waals surface area (Å²) in [4.78, 5) is 24.3. The van der Waals surface area contributed by atoms with Crippen molar-refractivity contribution in [3.05, 3.63) is 54.3 Å². The summed E-state index contributed by atoms with van der Waals surface area (Å²) in [6.45, 7) is 8.26. The van der Waals surface area contributed by atoms with Crippen LogP contribution in [0.4, 0.5) is 4.39 Å². The Morgan fingerprint density at radius 3 is 2.00 bits per heavy atom. The Labute approximate surface area is 208 Å². The minimum atomic E-state index is -4.22. The van der Waals surface area contributed by atoms with Crippen LogP contribution in [0.3, 0.4) is 0 Å². The Hall–Kier alpha value is -2.67. The number of nitrogens with one attached hydrogen (secondary N) is 2. The number of carbonyl (C=O) groups is 2. The molecule has 0 aliphatic rings. The number of hydrogen-bond donors (Lipinski definition) is 3. The molecule has 0 saturated carbocycles. The van der Waals surface area contributed by atoms with Gasteiger partial charge in [-0.1, -0.05) is 0 Å². The fourth-order valence-corrected chi connectivity index (χ4v) is 5.12. The van der Waals surface area contributed by atoms with Gasteiger partial charge >= 0.3 is 5.97 Å². The molecule has 0 saturated heterocycles. The van der Waals surface area contributed by atoms with Gasteiger partial charge in [-0.15, -0.1) is 11.8 Å². The van der Waals surface area contributed by atoms with E-state index in [-0.39, 0.29) is 10.6 Å². The maximum absolute atomic E-state index is 13.0. The highest BCUT2D eigenvalue weighted by Crippen LogP contribution is 2.31. The number of carbonyl (C=O) groups excluding carboxylic acids is 2. The molecule has 0 fully saturated rings. The molecule has 1 amide bonds. The van der Waals surface area contributed by atoms with Gasteiger partial charge in [0.1, 0.15) is 29.0 Å². The first kappa shape index (κ1) is 28.6. The minimum Gasteiger partial charge on any atom is -0.459 e. The van der Waals surface area contributed by atoms with Crippen LogP contribution in [0.15, 0.2) is 53.4 Å². The number of hydrogen-bond acceptors (Lipinski definition) is 8. The van der Waals surface area contributed by atoms with Crippen LogP contribution >= 0.6 is 11.8 Å². The van der Waals surface area contributed by atoms with Crippen LogP contribution in [0.5, 0.6) is 11.5 Å². The highest BCUT2D eigenvalue weighted by Gasteiger charge is 2.40. The number of thioether (sulfide) groups is 1. The van der Waals surface area contributed by atoms with Crippen molar-refractivity contribution in [3.8, 4) is 11.5 Å². The van der Waals surface area contributed by atoms with E-state index >= 15 is 0 Å². The molecule has 2 rings (SSSR count). The lowest BCUT2D eigenvalue weighted by Gasteiger charge is -2.32. The van der Waals surface area contributed by atoms with Gasteiger partial charge in [0, 0.05) is 4.75 Å². The van der Waals surface area contributed by atoms with Crippen LogP contribution in [0.25, 0.3) is 0 Å². The molecule has 0 aromatic heterocycles. The number of hydroxylamine groups is 1. The van der Waals surface area contributed by atoms with Crippen LogP contribution in [0.2, 0.25) is 0 Å². The molecule has 9 nitrogen and oxygen atoms in total. The second-order valence-corrected chi connectivity index (χ2v) is 12.4. The van der Waals surface area contributed by atoms with Gasteiger partial charge in [-0.05, 0) is 83.1 Å². The van der Waals surface area contributed by atoms with Crippen LogP contribution in [0, 0.1) is 5.82 Å². The largest absolute Gasteiger partial charge is 0.459 e. The summed E-state index contributed by atoms with van der Waals surface area (Å²) in [7, 11) is -4.22. The number of esters is 1. The molecular weight excluding hydrogens is 499 g/mol. The first-order chi connectivity index (χ1) is 16.1. The van der Waals surface area contributed by atoms with Gasteiger partial charge < -0.3 is 9.47 Å². The summed E-state index contributed by atoms with van der Waals surface area (Å²) in [6, 6.07) is 9.24. The average molecular weight is 529 g/mol. The molecule has 0 aliphatic heterocycles. The first-order valence-electron chi connectivity index (χ1n) is 10.5. The predicted molar refractivity (Wildman–Crippen MR) is 129 cm³/mol. The minimum absolute atomic E-state index is 0.142. The van der Waals surface area contributed by atoms with Crippen molar-refractivity contribution >= 4 is 33.7 Å². The fourth-order valence-electron chi connectivity index (χ4n) is 2.82. The van der Waals surface area contributed by atoms with Crippen molar-refractivity contribution in [2.24, 2.45) is 0 Å². The van der Waals surface area contributed by atoms with Crippen LogP contribution in [0.1, 0.15) is 34.6 Å². The summed E-state index contributed by atoms with van der Waals surface area (Å²) in [6.07, 6.45) is 0. The lowest BCUT2D eigenvalue weighted by molar-refractivity contribution is -0.151. The quantitative estimate of drug-likeness (QED) is 0.242. The van der Waals surface area contributed by atoms with Crippen LogP contribution in [-0.2, 0) is 24.3 Å². The second-order valence-electron chi connectivity index (χ2n) is 9.04. The Kier molecular flexibility index (Phi) is 9.29. The molecular formula is C23H29FN2O7S2. The third-order valence-corrected chi connectivity index (χ3v) is 7.30. The smallest absolute Gasteiger partial charge is 0.316 e. The lowest BCUT2D eigenvalue weighted by atomic mass is 10.0. The van der Waals surface area contributed by atoms with E-state index in [1.807, 2.05) is 0 Å². The number of benzene rings is 2. The Morgan fingerprint density at radius 2 is 1.51 bits per heavy atom. The van der Waals surface area contributed by atoms with E-state index in [4.69, 9.17) is 9.47 Å². The molecule has 0 spiro atoms. The van der Waals surface area contributed by atoms with E-state index in [1.165, 1.54) is 54.0 Å². The van der Waals surface area contributed by atoms with E-state index in [0.717, 1.165) is 11.8 Å². The molecule has 35 heavy (non-hydrogen) atoms. The normalized spacial score (nSPS) is 13.1. The van der Waals surface area contributed by atoms with E-state index in [0.29, 0.717) is 11.5 Å². The molecule has 0 aliphatic carbocycles. The van der Waals surface area contributed by atoms with Crippen molar-refractivity contribution in [1.29, 1.82) is 0 Å². The zero-order valence-corrected chi connectivity index (χ0v) is 21.6. The van der Waals surface area contributed by atoms with Crippen molar-refractivity contribution in [1.82, 2.24) is 10.2 Å². The molecule has 192 valence electrons. The summed E-state index contributed by atoms with van der Waals surface area (Å²) in [5.41, 5.74) is 0.773. The fraction of sp³-hybridized carbons (Fsp3) is 0.391. The summed E-state index contributed by atoms with van der Waals surface area (Å²) >= 11 is 1.000. The van der Waals surface area contributed by atoms with Gasteiger partial charge in [0.05, 0.1) is 10.6 Å². The monoisotopic (exact) mass is 528 g/mol. The maximum Gasteiger partial charge on any atom is 0.316 e. The molecule has 1 unspecified atom stereocenters. The molecule has 0 radical (unpaired) electrons. The zero-order chi connectivity index (χ0) is 26.4. The van der Waals surface area contributed by atoms with Crippen molar-refractivity contribution in [2.45, 2.75) is 55.9 Å². The molecule has 12 heteroatoms. The Balaban J connectivity index is 2.16. The number of halogens is 1. The third-order valence-electron chi connectivity index (χ3n) is 4.51. The Bertz CT molecular complexity index is 1130. The number of rotatable bonds is 10. The van der Waals surface area contributed by atoms with Gasteiger partial charge in [0.2, 0.25) is 10.0 Å². The molecule has 3 N–H and O–H groups in total. The van der Waals surface area contributed by atoms with Gasteiger partial charge in [-0.25, -0.2) is 18.3 Å².